The second-order valence-electron chi connectivity index (χ2n) is 5.28. The highest BCUT2D eigenvalue weighted by atomic mass is 16.4. The molecule has 0 aliphatic carbocycles. The lowest BCUT2D eigenvalue weighted by molar-refractivity contribution is -0.139. The van der Waals surface area contributed by atoms with Crippen LogP contribution in [0.1, 0.15) is 24.4 Å². The molecule has 1 aliphatic rings. The lowest BCUT2D eigenvalue weighted by atomic mass is 9.98. The van der Waals surface area contributed by atoms with Gasteiger partial charge in [-0.2, -0.15) is 5.10 Å². The van der Waals surface area contributed by atoms with Gasteiger partial charge in [-0.3, -0.25) is 4.68 Å². The van der Waals surface area contributed by atoms with Crippen molar-refractivity contribution in [1.29, 1.82) is 0 Å². The number of nitrogens with zero attached hydrogens (tertiary/aromatic N) is 3. The number of carbonyl (C=O) groups is 2. The van der Waals surface area contributed by atoms with Gasteiger partial charge >= 0.3 is 12.0 Å². The van der Waals surface area contributed by atoms with Crippen LogP contribution in [-0.2, 0) is 11.8 Å². The number of carbonyl (C=O) groups excluding carboxylic acids is 1. The van der Waals surface area contributed by atoms with Crippen LogP contribution in [-0.4, -0.2) is 56.6 Å². The Balaban J connectivity index is 1.98. The van der Waals surface area contributed by atoms with Crippen LogP contribution in [0, 0.1) is 5.92 Å². The van der Waals surface area contributed by atoms with E-state index in [1.165, 1.54) is 10.9 Å². The maximum Gasteiger partial charge on any atom is 0.331 e. The molecule has 2 rings (SSSR count). The number of hydrogen-bond acceptors (Lipinski definition) is 4. The van der Waals surface area contributed by atoms with Gasteiger partial charge in [-0.1, -0.05) is 0 Å². The summed E-state index contributed by atoms with van der Waals surface area (Å²) in [5.74, 6) is -0.899. The third-order valence-corrected chi connectivity index (χ3v) is 3.73. The van der Waals surface area contributed by atoms with Crippen LogP contribution in [0.25, 0.3) is 0 Å². The Morgan fingerprint density at radius 1 is 1.48 bits per heavy atom. The van der Waals surface area contributed by atoms with Crippen LogP contribution in [0.15, 0.2) is 12.4 Å². The van der Waals surface area contributed by atoms with Crippen molar-refractivity contribution in [2.24, 2.45) is 13.0 Å². The van der Waals surface area contributed by atoms with E-state index in [-0.39, 0.29) is 12.5 Å². The molecule has 1 aromatic heterocycles. The van der Waals surface area contributed by atoms with E-state index in [9.17, 15) is 14.7 Å². The molecule has 2 amide bonds. The number of carboxylic acid groups (broad SMARTS) is 1. The molecular weight excluding hydrogens is 276 g/mol. The molecule has 0 aromatic carbocycles. The molecular formula is C13H20N4O4. The molecule has 0 radical (unpaired) electrons. The summed E-state index contributed by atoms with van der Waals surface area (Å²) in [4.78, 5) is 25.1. The van der Waals surface area contributed by atoms with Crippen molar-refractivity contribution in [3.8, 4) is 0 Å². The maximum absolute atomic E-state index is 12.1. The third-order valence-electron chi connectivity index (χ3n) is 3.73. The summed E-state index contributed by atoms with van der Waals surface area (Å²) in [5.41, 5.74) is 0.434. The van der Waals surface area contributed by atoms with E-state index in [0.717, 1.165) is 12.8 Å². The number of carboxylic acids is 1. The van der Waals surface area contributed by atoms with Crippen LogP contribution < -0.4 is 5.32 Å². The zero-order chi connectivity index (χ0) is 15.4. The van der Waals surface area contributed by atoms with Crippen molar-refractivity contribution >= 4 is 12.0 Å². The summed E-state index contributed by atoms with van der Waals surface area (Å²) in [6.07, 6.45) is 4.46. The van der Waals surface area contributed by atoms with Crippen LogP contribution >= 0.6 is 0 Å². The fraction of sp³-hybridized carbons (Fsp3) is 0.615. The van der Waals surface area contributed by atoms with Gasteiger partial charge in [0.15, 0.2) is 6.04 Å². The van der Waals surface area contributed by atoms with E-state index in [0.29, 0.717) is 18.7 Å². The second kappa shape index (κ2) is 6.57. The molecule has 1 unspecified atom stereocenters. The second-order valence-corrected chi connectivity index (χ2v) is 5.28. The highest BCUT2D eigenvalue weighted by Crippen LogP contribution is 2.18. The van der Waals surface area contributed by atoms with Crippen molar-refractivity contribution in [1.82, 2.24) is 20.0 Å². The largest absolute Gasteiger partial charge is 0.479 e. The van der Waals surface area contributed by atoms with Crippen molar-refractivity contribution in [2.45, 2.75) is 18.9 Å². The Hall–Kier alpha value is -2.09. The normalized spacial score (nSPS) is 17.5. The highest BCUT2D eigenvalue weighted by Gasteiger charge is 2.28. The molecule has 8 nitrogen and oxygen atoms in total. The lowest BCUT2D eigenvalue weighted by Crippen LogP contribution is -2.47. The number of nitrogens with one attached hydrogen (secondary N) is 1. The number of likely N-dealkylation sites (tertiary alicyclic amines) is 1. The Labute approximate surface area is 122 Å². The average molecular weight is 296 g/mol. The molecule has 1 atom stereocenters. The van der Waals surface area contributed by atoms with Crippen molar-refractivity contribution < 1.29 is 19.8 Å². The number of amides is 2. The average Bonchev–Trinajstić information content (AvgIpc) is 2.90. The van der Waals surface area contributed by atoms with Gasteiger partial charge in [0.1, 0.15) is 0 Å². The molecule has 1 aromatic rings. The fourth-order valence-electron chi connectivity index (χ4n) is 2.41. The van der Waals surface area contributed by atoms with E-state index < -0.39 is 18.0 Å². The van der Waals surface area contributed by atoms with Crippen molar-refractivity contribution in [3.05, 3.63) is 18.0 Å². The number of aromatic nitrogens is 2. The molecule has 2 heterocycles. The summed E-state index contributed by atoms with van der Waals surface area (Å²) >= 11 is 0. The van der Waals surface area contributed by atoms with Crippen LogP contribution in [0.4, 0.5) is 4.79 Å². The van der Waals surface area contributed by atoms with E-state index in [1.807, 2.05) is 0 Å². The predicted octanol–water partition coefficient (Wildman–Crippen LogP) is -0.0403. The first kappa shape index (κ1) is 15.3. The first-order valence-corrected chi connectivity index (χ1v) is 6.89. The van der Waals surface area contributed by atoms with Gasteiger partial charge in [0.2, 0.25) is 0 Å². The predicted molar refractivity (Wildman–Crippen MR) is 73.5 cm³/mol. The minimum atomic E-state index is -1.12. The number of urea groups is 1. The number of aryl methyl sites for hydroxylation is 1. The summed E-state index contributed by atoms with van der Waals surface area (Å²) in [6, 6.07) is -1.51. The van der Waals surface area contributed by atoms with Gasteiger partial charge < -0.3 is 20.4 Å². The van der Waals surface area contributed by atoms with E-state index in [4.69, 9.17) is 5.11 Å². The number of aliphatic hydroxyl groups is 1. The molecule has 1 saturated heterocycles. The van der Waals surface area contributed by atoms with Gasteiger partial charge in [-0.25, -0.2) is 9.59 Å². The third kappa shape index (κ3) is 3.72. The Bertz CT molecular complexity index is 508. The first-order valence-electron chi connectivity index (χ1n) is 6.89. The molecule has 8 heteroatoms. The lowest BCUT2D eigenvalue weighted by Gasteiger charge is -2.31. The van der Waals surface area contributed by atoms with Crippen LogP contribution in [0.2, 0.25) is 0 Å². The number of rotatable bonds is 4. The summed E-state index contributed by atoms with van der Waals surface area (Å²) in [6.45, 7) is 1.18. The smallest absolute Gasteiger partial charge is 0.331 e. The Morgan fingerprint density at radius 3 is 2.62 bits per heavy atom. The summed E-state index contributed by atoms with van der Waals surface area (Å²) < 4.78 is 1.49. The first-order chi connectivity index (χ1) is 10.0. The number of aliphatic carboxylic acids is 1. The molecule has 3 N–H and O–H groups in total. The number of piperidine rings is 1. The van der Waals surface area contributed by atoms with E-state index in [2.05, 4.69) is 10.4 Å². The SMILES string of the molecule is Cn1cc(C(NC(=O)N2CCC(CO)CC2)C(=O)O)cn1. The minimum Gasteiger partial charge on any atom is -0.479 e. The van der Waals surface area contributed by atoms with Crippen molar-refractivity contribution in [2.75, 3.05) is 19.7 Å². The van der Waals surface area contributed by atoms with Crippen LogP contribution in [0.3, 0.4) is 0 Å². The van der Waals surface area contributed by atoms with E-state index >= 15 is 0 Å². The van der Waals surface area contributed by atoms with Gasteiger partial charge in [0.25, 0.3) is 0 Å². The summed E-state index contributed by atoms with van der Waals surface area (Å²) in [7, 11) is 1.68. The zero-order valence-electron chi connectivity index (χ0n) is 11.9. The zero-order valence-corrected chi connectivity index (χ0v) is 11.9. The Morgan fingerprint density at radius 2 is 2.14 bits per heavy atom. The molecule has 1 aliphatic heterocycles. The fourth-order valence-corrected chi connectivity index (χ4v) is 2.41. The van der Waals surface area contributed by atoms with Crippen LogP contribution in [0.5, 0.6) is 0 Å². The molecule has 0 saturated carbocycles. The Kier molecular flexibility index (Phi) is 4.79. The summed E-state index contributed by atoms with van der Waals surface area (Å²) in [5, 5.41) is 24.8. The van der Waals surface area contributed by atoms with Gasteiger partial charge in [0, 0.05) is 38.5 Å². The monoisotopic (exact) mass is 296 g/mol. The van der Waals surface area contributed by atoms with E-state index in [1.54, 1.807) is 18.1 Å². The maximum atomic E-state index is 12.1. The van der Waals surface area contributed by atoms with Gasteiger partial charge in [0.05, 0.1) is 6.20 Å². The molecule has 1 fully saturated rings. The topological polar surface area (TPSA) is 108 Å². The minimum absolute atomic E-state index is 0.128. The number of aliphatic hydroxyl groups excluding tert-OH is 1. The van der Waals surface area contributed by atoms with Gasteiger partial charge in [-0.05, 0) is 18.8 Å². The molecule has 0 bridgehead atoms. The number of hydrogen-bond donors (Lipinski definition) is 3. The quantitative estimate of drug-likeness (QED) is 0.722. The van der Waals surface area contributed by atoms with Gasteiger partial charge in [-0.15, -0.1) is 0 Å². The highest BCUT2D eigenvalue weighted by molar-refractivity contribution is 5.83. The molecule has 0 spiro atoms. The molecule has 116 valence electrons. The standard InChI is InChI=1S/C13H20N4O4/c1-16-7-10(6-14-16)11(12(19)20)15-13(21)17-4-2-9(8-18)3-5-17/h6-7,9,11,18H,2-5,8H2,1H3,(H,15,21)(H,19,20). The molecule has 21 heavy (non-hydrogen) atoms. The van der Waals surface area contributed by atoms with Crippen molar-refractivity contribution in [3.63, 3.8) is 0 Å².